The van der Waals surface area contributed by atoms with Crippen LogP contribution in [-0.4, -0.2) is 113 Å². The number of morpholine rings is 1. The SMILES string of the molecule is COCCCCN1c2c(cccc2C(=O)OC)NC1C(=O)N(CC(C)C)[C@@H]1CNC[C@H](C(=O)N2CCOCC2)C1. The Labute approximate surface area is 237 Å². The molecule has 0 saturated carbocycles. The summed E-state index contributed by atoms with van der Waals surface area (Å²) in [5, 5.41) is 6.84. The number of nitrogens with one attached hydrogen (secondary N) is 2. The van der Waals surface area contributed by atoms with Crippen molar-refractivity contribution in [2.75, 3.05) is 83.5 Å². The first-order chi connectivity index (χ1) is 19.3. The smallest absolute Gasteiger partial charge is 0.340 e. The van der Waals surface area contributed by atoms with Gasteiger partial charge < -0.3 is 39.5 Å². The number of amides is 2. The highest BCUT2D eigenvalue weighted by molar-refractivity contribution is 6.04. The molecular formula is C29H45N5O6. The van der Waals surface area contributed by atoms with Crippen LogP contribution in [0, 0.1) is 11.8 Å². The molecule has 0 radical (unpaired) electrons. The molecule has 2 amide bonds. The summed E-state index contributed by atoms with van der Waals surface area (Å²) in [5.41, 5.74) is 1.86. The van der Waals surface area contributed by atoms with Crippen LogP contribution in [0.25, 0.3) is 0 Å². The highest BCUT2D eigenvalue weighted by atomic mass is 16.5. The Bertz CT molecular complexity index is 1030. The van der Waals surface area contributed by atoms with Crippen LogP contribution >= 0.6 is 0 Å². The minimum Gasteiger partial charge on any atom is -0.465 e. The minimum atomic E-state index is -0.669. The monoisotopic (exact) mass is 559 g/mol. The number of piperidine rings is 1. The van der Waals surface area contributed by atoms with Crippen molar-refractivity contribution >= 4 is 29.2 Å². The normalized spacial score (nSPS) is 22.6. The molecular weight excluding hydrogens is 514 g/mol. The molecule has 0 bridgehead atoms. The molecule has 11 nitrogen and oxygen atoms in total. The van der Waals surface area contributed by atoms with E-state index in [9.17, 15) is 14.4 Å². The Morgan fingerprint density at radius 1 is 1.12 bits per heavy atom. The van der Waals surface area contributed by atoms with E-state index in [-0.39, 0.29) is 29.7 Å². The van der Waals surface area contributed by atoms with Gasteiger partial charge in [0.25, 0.3) is 5.91 Å². The predicted molar refractivity (Wildman–Crippen MR) is 152 cm³/mol. The van der Waals surface area contributed by atoms with Crippen LogP contribution in [0.3, 0.4) is 0 Å². The van der Waals surface area contributed by atoms with Gasteiger partial charge in [0, 0.05) is 59.0 Å². The molecule has 0 aromatic heterocycles. The zero-order valence-electron chi connectivity index (χ0n) is 24.3. The van der Waals surface area contributed by atoms with Crippen molar-refractivity contribution in [1.29, 1.82) is 0 Å². The zero-order valence-corrected chi connectivity index (χ0v) is 24.3. The predicted octanol–water partition coefficient (Wildman–Crippen LogP) is 1.78. The van der Waals surface area contributed by atoms with Gasteiger partial charge in [-0.05, 0) is 37.3 Å². The number of hydrogen-bond acceptors (Lipinski definition) is 9. The molecule has 1 aromatic rings. The molecule has 2 fully saturated rings. The lowest BCUT2D eigenvalue weighted by molar-refractivity contribution is -0.143. The van der Waals surface area contributed by atoms with Crippen LogP contribution in [-0.2, 0) is 23.8 Å². The van der Waals surface area contributed by atoms with Crippen LogP contribution in [0.5, 0.6) is 0 Å². The topological polar surface area (TPSA) is 113 Å². The number of ether oxygens (including phenoxy) is 3. The first-order valence-electron chi connectivity index (χ1n) is 14.5. The van der Waals surface area contributed by atoms with E-state index < -0.39 is 12.1 Å². The van der Waals surface area contributed by atoms with Crippen molar-refractivity contribution in [1.82, 2.24) is 15.1 Å². The molecule has 1 aromatic carbocycles. The lowest BCUT2D eigenvalue weighted by atomic mass is 9.92. The van der Waals surface area contributed by atoms with Crippen LogP contribution in [0.4, 0.5) is 11.4 Å². The number of unbranched alkanes of at least 4 members (excludes halogenated alkanes) is 1. The number of carbonyl (C=O) groups is 3. The van der Waals surface area contributed by atoms with Crippen molar-refractivity contribution in [2.24, 2.45) is 11.8 Å². The number of rotatable bonds is 11. The Morgan fingerprint density at radius 3 is 2.60 bits per heavy atom. The largest absolute Gasteiger partial charge is 0.465 e. The third-order valence-corrected chi connectivity index (χ3v) is 7.85. The maximum atomic E-state index is 14.4. The third-order valence-electron chi connectivity index (χ3n) is 7.85. The molecule has 3 aliphatic rings. The van der Waals surface area contributed by atoms with Crippen LogP contribution in [0.1, 0.15) is 43.5 Å². The number of benzene rings is 1. The molecule has 2 N–H and O–H groups in total. The van der Waals surface area contributed by atoms with E-state index in [4.69, 9.17) is 14.2 Å². The molecule has 4 rings (SSSR count). The maximum Gasteiger partial charge on any atom is 0.340 e. The molecule has 222 valence electrons. The van der Waals surface area contributed by atoms with Gasteiger partial charge in [-0.25, -0.2) is 4.79 Å². The lowest BCUT2D eigenvalue weighted by Crippen LogP contribution is -2.59. The molecule has 3 aliphatic heterocycles. The number of anilines is 2. The lowest BCUT2D eigenvalue weighted by Gasteiger charge is -2.42. The fourth-order valence-electron chi connectivity index (χ4n) is 5.92. The van der Waals surface area contributed by atoms with Crippen LogP contribution in [0.15, 0.2) is 18.2 Å². The summed E-state index contributed by atoms with van der Waals surface area (Å²) in [4.78, 5) is 46.3. The van der Waals surface area contributed by atoms with Gasteiger partial charge in [-0.3, -0.25) is 9.59 Å². The van der Waals surface area contributed by atoms with Crippen LogP contribution < -0.4 is 15.5 Å². The summed E-state index contributed by atoms with van der Waals surface area (Å²) in [7, 11) is 3.04. The number of nitrogens with zero attached hydrogens (tertiary/aromatic N) is 3. The molecule has 0 spiro atoms. The van der Waals surface area contributed by atoms with E-state index in [0.717, 1.165) is 18.5 Å². The Balaban J connectivity index is 1.58. The van der Waals surface area contributed by atoms with Gasteiger partial charge in [-0.2, -0.15) is 0 Å². The number of methoxy groups -OCH3 is 2. The fraction of sp³-hybridized carbons (Fsp3) is 0.690. The second kappa shape index (κ2) is 14.1. The average molecular weight is 560 g/mol. The van der Waals surface area contributed by atoms with Gasteiger partial charge in [0.1, 0.15) is 0 Å². The Kier molecular flexibility index (Phi) is 10.6. The van der Waals surface area contributed by atoms with Crippen molar-refractivity contribution in [3.05, 3.63) is 23.8 Å². The number of esters is 1. The van der Waals surface area contributed by atoms with E-state index in [1.807, 2.05) is 20.8 Å². The van der Waals surface area contributed by atoms with Crippen molar-refractivity contribution in [3.8, 4) is 0 Å². The van der Waals surface area contributed by atoms with E-state index in [1.165, 1.54) is 7.11 Å². The van der Waals surface area contributed by atoms with Gasteiger partial charge in [0.2, 0.25) is 5.91 Å². The summed E-state index contributed by atoms with van der Waals surface area (Å²) in [5.74, 6) is -0.313. The van der Waals surface area contributed by atoms with E-state index >= 15 is 0 Å². The van der Waals surface area contributed by atoms with E-state index in [0.29, 0.717) is 76.8 Å². The maximum absolute atomic E-state index is 14.4. The van der Waals surface area contributed by atoms with Crippen molar-refractivity contribution in [3.63, 3.8) is 0 Å². The minimum absolute atomic E-state index is 0.0567. The number of fused-ring (bicyclic) bond motifs is 1. The molecule has 3 heterocycles. The van der Waals surface area contributed by atoms with E-state index in [2.05, 4.69) is 24.5 Å². The van der Waals surface area contributed by atoms with Crippen LogP contribution in [0.2, 0.25) is 0 Å². The fourth-order valence-corrected chi connectivity index (χ4v) is 5.92. The molecule has 3 atom stereocenters. The first-order valence-corrected chi connectivity index (χ1v) is 14.5. The third kappa shape index (κ3) is 6.87. The highest BCUT2D eigenvalue weighted by Crippen LogP contribution is 2.39. The summed E-state index contributed by atoms with van der Waals surface area (Å²) in [6, 6.07) is 5.30. The second-order valence-corrected chi connectivity index (χ2v) is 11.2. The molecule has 1 unspecified atom stereocenters. The number of para-hydroxylation sites is 1. The van der Waals surface area contributed by atoms with Gasteiger partial charge in [-0.15, -0.1) is 0 Å². The highest BCUT2D eigenvalue weighted by Gasteiger charge is 2.42. The average Bonchev–Trinajstić information content (AvgIpc) is 3.36. The second-order valence-electron chi connectivity index (χ2n) is 11.2. The summed E-state index contributed by atoms with van der Waals surface area (Å²) >= 11 is 0. The quantitative estimate of drug-likeness (QED) is 0.309. The first kappa shape index (κ1) is 30.1. The zero-order chi connectivity index (χ0) is 28.6. The molecule has 2 saturated heterocycles. The Hall–Kier alpha value is -2.89. The number of hydrogen-bond donors (Lipinski definition) is 2. The van der Waals surface area contributed by atoms with Gasteiger partial charge >= 0.3 is 5.97 Å². The summed E-state index contributed by atoms with van der Waals surface area (Å²) in [6.07, 6.45) is 1.57. The Morgan fingerprint density at radius 2 is 1.90 bits per heavy atom. The van der Waals surface area contributed by atoms with Gasteiger partial charge in [-0.1, -0.05) is 19.9 Å². The van der Waals surface area contributed by atoms with E-state index in [1.54, 1.807) is 19.2 Å². The molecule has 0 aliphatic carbocycles. The van der Waals surface area contributed by atoms with Crippen molar-refractivity contribution < 1.29 is 28.6 Å². The summed E-state index contributed by atoms with van der Waals surface area (Å²) in [6.45, 7) is 9.55. The molecule has 40 heavy (non-hydrogen) atoms. The van der Waals surface area contributed by atoms with Gasteiger partial charge in [0.15, 0.2) is 6.17 Å². The summed E-state index contributed by atoms with van der Waals surface area (Å²) < 4.78 is 15.7. The molecule has 11 heteroatoms. The van der Waals surface area contributed by atoms with Crippen molar-refractivity contribution in [2.45, 2.75) is 45.3 Å². The standard InChI is InChI=1S/C29H45N5O6/c1-20(2)19-34(22-16-21(17-30-18-22)27(35)32-11-14-40-15-12-32)28(36)26-31-24-9-7-8-23(29(37)39-4)25(24)33(26)10-5-6-13-38-3/h7-9,20-22,26,30-31H,5-6,10-19H2,1-4H3/t21-,22+,26?/m1/s1. The van der Waals surface area contributed by atoms with Gasteiger partial charge in [0.05, 0.1) is 43.2 Å². The number of carbonyl (C=O) groups excluding carboxylic acids is 3.